The normalized spacial score (nSPS) is 21.3. The SMILES string of the molecule is COCCNC(=O)C1CN(C(=S)NC2CC2)CC1c1cccc(OC)c1OC. The Bertz CT molecular complexity index is 711. The van der Waals surface area contributed by atoms with E-state index in [9.17, 15) is 4.79 Å². The summed E-state index contributed by atoms with van der Waals surface area (Å²) >= 11 is 5.60. The molecule has 1 amide bonds. The van der Waals surface area contributed by atoms with E-state index in [-0.39, 0.29) is 17.7 Å². The zero-order valence-corrected chi connectivity index (χ0v) is 17.5. The van der Waals surface area contributed by atoms with E-state index in [2.05, 4.69) is 15.5 Å². The molecule has 1 aromatic carbocycles. The molecule has 1 aromatic rings. The maximum Gasteiger partial charge on any atom is 0.225 e. The van der Waals surface area contributed by atoms with Crippen LogP contribution in [-0.4, -0.2) is 69.5 Å². The molecule has 7 nitrogen and oxygen atoms in total. The van der Waals surface area contributed by atoms with Crippen molar-refractivity contribution in [3.8, 4) is 11.5 Å². The smallest absolute Gasteiger partial charge is 0.225 e. The molecule has 154 valence electrons. The van der Waals surface area contributed by atoms with Gasteiger partial charge in [0, 0.05) is 44.3 Å². The Hall–Kier alpha value is -2.06. The molecule has 3 rings (SSSR count). The summed E-state index contributed by atoms with van der Waals surface area (Å²) in [5.74, 6) is 1.05. The fraction of sp³-hybridized carbons (Fsp3) is 0.600. The first-order valence-electron chi connectivity index (χ1n) is 9.62. The van der Waals surface area contributed by atoms with E-state index in [1.807, 2.05) is 18.2 Å². The zero-order chi connectivity index (χ0) is 20.1. The van der Waals surface area contributed by atoms with Crippen LogP contribution < -0.4 is 20.1 Å². The number of nitrogens with one attached hydrogen (secondary N) is 2. The van der Waals surface area contributed by atoms with E-state index < -0.39 is 0 Å². The largest absolute Gasteiger partial charge is 0.493 e. The number of para-hydroxylation sites is 1. The molecular weight excluding hydrogens is 378 g/mol. The van der Waals surface area contributed by atoms with Gasteiger partial charge in [-0.1, -0.05) is 12.1 Å². The Morgan fingerprint density at radius 1 is 1.21 bits per heavy atom. The van der Waals surface area contributed by atoms with Crippen molar-refractivity contribution in [2.24, 2.45) is 5.92 Å². The molecule has 0 radical (unpaired) electrons. The van der Waals surface area contributed by atoms with Crippen LogP contribution in [0.2, 0.25) is 0 Å². The Morgan fingerprint density at radius 2 is 2.00 bits per heavy atom. The number of methoxy groups -OCH3 is 3. The number of likely N-dealkylation sites (tertiary alicyclic amines) is 1. The lowest BCUT2D eigenvalue weighted by Gasteiger charge is -2.22. The molecule has 2 atom stereocenters. The molecule has 0 bridgehead atoms. The highest BCUT2D eigenvalue weighted by Crippen LogP contribution is 2.42. The van der Waals surface area contributed by atoms with Gasteiger partial charge < -0.3 is 29.7 Å². The maximum atomic E-state index is 12.9. The second kappa shape index (κ2) is 9.43. The van der Waals surface area contributed by atoms with Crippen molar-refractivity contribution in [1.82, 2.24) is 15.5 Å². The highest BCUT2D eigenvalue weighted by Gasteiger charge is 2.41. The molecule has 1 saturated carbocycles. The summed E-state index contributed by atoms with van der Waals surface area (Å²) in [6.07, 6.45) is 2.31. The van der Waals surface area contributed by atoms with Gasteiger partial charge in [-0.2, -0.15) is 0 Å². The summed E-state index contributed by atoms with van der Waals surface area (Å²) in [5.41, 5.74) is 0.963. The van der Waals surface area contributed by atoms with Crippen LogP contribution >= 0.6 is 12.2 Å². The standard InChI is InChI=1S/C20H29N3O4S/c1-25-10-9-21-19(24)16-12-23(20(28)22-13-7-8-13)11-15(16)14-5-4-6-17(26-2)18(14)27-3/h4-6,13,15-16H,7-12H2,1-3H3,(H,21,24)(H,22,28). The number of hydrogen-bond acceptors (Lipinski definition) is 5. The van der Waals surface area contributed by atoms with Gasteiger partial charge in [-0.05, 0) is 31.1 Å². The highest BCUT2D eigenvalue weighted by atomic mass is 32.1. The minimum absolute atomic E-state index is 0.00337. The fourth-order valence-electron chi connectivity index (χ4n) is 3.66. The predicted molar refractivity (Wildman–Crippen MR) is 111 cm³/mol. The van der Waals surface area contributed by atoms with Crippen molar-refractivity contribution in [3.63, 3.8) is 0 Å². The van der Waals surface area contributed by atoms with Crippen LogP contribution in [0.4, 0.5) is 0 Å². The van der Waals surface area contributed by atoms with Crippen LogP contribution in [0.25, 0.3) is 0 Å². The molecular formula is C20H29N3O4S. The van der Waals surface area contributed by atoms with Gasteiger partial charge in [-0.3, -0.25) is 4.79 Å². The monoisotopic (exact) mass is 407 g/mol. The number of benzene rings is 1. The van der Waals surface area contributed by atoms with Crippen LogP contribution in [0, 0.1) is 5.92 Å². The van der Waals surface area contributed by atoms with Gasteiger partial charge in [0.2, 0.25) is 5.91 Å². The first kappa shape index (κ1) is 20.7. The molecule has 2 aliphatic rings. The summed E-state index contributed by atoms with van der Waals surface area (Å²) in [6.45, 7) is 2.20. The van der Waals surface area contributed by atoms with Crippen LogP contribution in [-0.2, 0) is 9.53 Å². The van der Waals surface area contributed by atoms with Crippen LogP contribution in [0.5, 0.6) is 11.5 Å². The van der Waals surface area contributed by atoms with Crippen LogP contribution in [0.3, 0.4) is 0 Å². The third-order valence-electron chi connectivity index (χ3n) is 5.29. The van der Waals surface area contributed by atoms with E-state index in [0.717, 1.165) is 23.5 Å². The van der Waals surface area contributed by atoms with Crippen molar-refractivity contribution >= 4 is 23.2 Å². The van der Waals surface area contributed by atoms with Crippen molar-refractivity contribution in [3.05, 3.63) is 23.8 Å². The van der Waals surface area contributed by atoms with E-state index in [0.29, 0.717) is 43.8 Å². The Balaban J connectivity index is 1.84. The van der Waals surface area contributed by atoms with Gasteiger partial charge in [0.1, 0.15) is 0 Å². The summed E-state index contributed by atoms with van der Waals surface area (Å²) in [4.78, 5) is 15.0. The lowest BCUT2D eigenvalue weighted by molar-refractivity contribution is -0.125. The van der Waals surface area contributed by atoms with Gasteiger partial charge in [0.25, 0.3) is 0 Å². The molecule has 2 unspecified atom stereocenters. The summed E-state index contributed by atoms with van der Waals surface area (Å²) in [7, 11) is 4.86. The number of rotatable bonds is 8. The summed E-state index contributed by atoms with van der Waals surface area (Å²) in [6, 6.07) is 6.27. The summed E-state index contributed by atoms with van der Waals surface area (Å²) < 4.78 is 16.1. The molecule has 0 aromatic heterocycles. The van der Waals surface area contributed by atoms with Crippen molar-refractivity contribution in [2.45, 2.75) is 24.8 Å². The molecule has 0 spiro atoms. The van der Waals surface area contributed by atoms with Gasteiger partial charge in [-0.25, -0.2) is 0 Å². The number of carbonyl (C=O) groups excluding carboxylic acids is 1. The Kier molecular flexibility index (Phi) is 6.96. The van der Waals surface area contributed by atoms with E-state index in [1.165, 1.54) is 0 Å². The number of ether oxygens (including phenoxy) is 3. The number of hydrogen-bond donors (Lipinski definition) is 2. The van der Waals surface area contributed by atoms with Crippen molar-refractivity contribution in [1.29, 1.82) is 0 Å². The molecule has 1 heterocycles. The molecule has 8 heteroatoms. The lowest BCUT2D eigenvalue weighted by atomic mass is 9.87. The molecule has 1 saturated heterocycles. The average molecular weight is 408 g/mol. The third kappa shape index (κ3) is 4.67. The molecule has 1 aliphatic carbocycles. The molecule has 1 aliphatic heterocycles. The van der Waals surface area contributed by atoms with Crippen LogP contribution in [0.15, 0.2) is 18.2 Å². The fourth-order valence-corrected chi connectivity index (χ4v) is 3.97. The highest BCUT2D eigenvalue weighted by molar-refractivity contribution is 7.80. The summed E-state index contributed by atoms with van der Waals surface area (Å²) in [5, 5.41) is 7.08. The third-order valence-corrected chi connectivity index (χ3v) is 5.66. The Labute approximate surface area is 171 Å². The van der Waals surface area contributed by atoms with Crippen LogP contribution in [0.1, 0.15) is 24.3 Å². The van der Waals surface area contributed by atoms with Crippen molar-refractivity contribution < 1.29 is 19.0 Å². The second-order valence-corrected chi connectivity index (χ2v) is 7.60. The minimum atomic E-state index is -0.239. The second-order valence-electron chi connectivity index (χ2n) is 7.21. The maximum absolute atomic E-state index is 12.9. The molecule has 2 fully saturated rings. The minimum Gasteiger partial charge on any atom is -0.493 e. The number of amides is 1. The zero-order valence-electron chi connectivity index (χ0n) is 16.7. The quantitative estimate of drug-likeness (QED) is 0.500. The van der Waals surface area contributed by atoms with Gasteiger partial charge >= 0.3 is 0 Å². The first-order valence-corrected chi connectivity index (χ1v) is 10.0. The van der Waals surface area contributed by atoms with E-state index >= 15 is 0 Å². The number of thiocarbonyl (C=S) groups is 1. The van der Waals surface area contributed by atoms with Gasteiger partial charge in [0.05, 0.1) is 26.7 Å². The topological polar surface area (TPSA) is 72.1 Å². The average Bonchev–Trinajstić information content (AvgIpc) is 3.40. The van der Waals surface area contributed by atoms with E-state index in [1.54, 1.807) is 21.3 Å². The first-order chi connectivity index (χ1) is 13.6. The van der Waals surface area contributed by atoms with Gasteiger partial charge in [0.15, 0.2) is 16.6 Å². The number of nitrogens with zero attached hydrogens (tertiary/aromatic N) is 1. The van der Waals surface area contributed by atoms with Crippen molar-refractivity contribution in [2.75, 3.05) is 47.6 Å². The molecule has 2 N–H and O–H groups in total. The van der Waals surface area contributed by atoms with Gasteiger partial charge in [-0.15, -0.1) is 0 Å². The Morgan fingerprint density at radius 3 is 2.64 bits per heavy atom. The lowest BCUT2D eigenvalue weighted by Crippen LogP contribution is -2.41. The predicted octanol–water partition coefficient (Wildman–Crippen LogP) is 1.52. The van der Waals surface area contributed by atoms with E-state index in [4.69, 9.17) is 26.4 Å². The number of carbonyl (C=O) groups is 1. The molecule has 28 heavy (non-hydrogen) atoms.